The lowest BCUT2D eigenvalue weighted by Gasteiger charge is -2.19. The maximum atomic E-state index is 13.1. The monoisotopic (exact) mass is 284 g/mol. The summed E-state index contributed by atoms with van der Waals surface area (Å²) in [5.41, 5.74) is 3.69. The molecule has 5 rings (SSSR count). The summed E-state index contributed by atoms with van der Waals surface area (Å²) in [7, 11) is 1.97. The normalized spacial score (nSPS) is 34.9. The van der Waals surface area contributed by atoms with Gasteiger partial charge in [-0.15, -0.1) is 0 Å². The zero-order chi connectivity index (χ0) is 14.6. The first-order valence-electron chi connectivity index (χ1n) is 7.58. The number of fused-ring (bicyclic) bond motifs is 2. The highest BCUT2D eigenvalue weighted by Gasteiger charge is 2.78. The third-order valence-electron chi connectivity index (χ3n) is 6.44. The van der Waals surface area contributed by atoms with Crippen molar-refractivity contribution < 1.29 is 4.39 Å². The van der Waals surface area contributed by atoms with Gasteiger partial charge < -0.3 is 0 Å². The number of hydrogen-bond acceptors (Lipinski definition) is 1. The average Bonchev–Trinajstić information content (AvgIpc) is 2.70. The summed E-state index contributed by atoms with van der Waals surface area (Å²) in [6.45, 7) is 2.34. The van der Waals surface area contributed by atoms with Gasteiger partial charge in [-0.1, -0.05) is 6.92 Å². The maximum absolute atomic E-state index is 13.1. The van der Waals surface area contributed by atoms with E-state index in [0.29, 0.717) is 11.3 Å². The molecule has 1 unspecified atom stereocenters. The zero-order valence-electron chi connectivity index (χ0n) is 12.2. The Hall–Kier alpha value is -1.84. The molecule has 4 heteroatoms. The Bertz CT molecular complexity index is 843. The third-order valence-corrected chi connectivity index (χ3v) is 6.44. The van der Waals surface area contributed by atoms with E-state index >= 15 is 0 Å². The number of nitrogens with zero attached hydrogens (tertiary/aromatic N) is 2. The molecular weight excluding hydrogens is 267 g/mol. The SMILES string of the molecule is Cn1c2c(c(=O)n1-c1ccc(F)cc1)[C@H]1CC[C@@]23CC13C. The molecule has 21 heavy (non-hydrogen) atoms. The molecule has 3 aliphatic rings. The van der Waals surface area contributed by atoms with Crippen LogP contribution >= 0.6 is 0 Å². The van der Waals surface area contributed by atoms with Gasteiger partial charge in [0.2, 0.25) is 0 Å². The van der Waals surface area contributed by atoms with E-state index in [1.54, 1.807) is 16.8 Å². The average molecular weight is 284 g/mol. The van der Waals surface area contributed by atoms with E-state index in [9.17, 15) is 9.18 Å². The zero-order valence-corrected chi connectivity index (χ0v) is 12.2. The Kier molecular flexibility index (Phi) is 1.77. The van der Waals surface area contributed by atoms with Crippen molar-refractivity contribution in [1.82, 2.24) is 9.36 Å². The number of rotatable bonds is 1. The van der Waals surface area contributed by atoms with Crippen LogP contribution in [-0.4, -0.2) is 9.36 Å². The van der Waals surface area contributed by atoms with Gasteiger partial charge in [-0.25, -0.2) is 9.07 Å². The van der Waals surface area contributed by atoms with E-state index in [1.165, 1.54) is 30.7 Å². The van der Waals surface area contributed by atoms with Crippen LogP contribution in [0.5, 0.6) is 0 Å². The van der Waals surface area contributed by atoms with Crippen LogP contribution in [0.4, 0.5) is 4.39 Å². The molecule has 0 amide bonds. The summed E-state index contributed by atoms with van der Waals surface area (Å²) in [5, 5.41) is 0. The summed E-state index contributed by atoms with van der Waals surface area (Å²) < 4.78 is 16.9. The third kappa shape index (κ3) is 1.05. The predicted molar refractivity (Wildman–Crippen MR) is 77.3 cm³/mol. The predicted octanol–water partition coefficient (Wildman–Crippen LogP) is 2.85. The Balaban J connectivity index is 1.79. The van der Waals surface area contributed by atoms with E-state index in [0.717, 1.165) is 17.7 Å². The van der Waals surface area contributed by atoms with Crippen LogP contribution in [0.1, 0.15) is 43.4 Å². The molecule has 3 atom stereocenters. The molecule has 1 aromatic heterocycles. The lowest BCUT2D eigenvalue weighted by molar-refractivity contribution is 0.470. The highest BCUT2D eigenvalue weighted by molar-refractivity contribution is 5.55. The first kappa shape index (κ1) is 11.8. The van der Waals surface area contributed by atoms with Gasteiger partial charge >= 0.3 is 0 Å². The van der Waals surface area contributed by atoms with Crippen LogP contribution in [0.2, 0.25) is 0 Å². The van der Waals surface area contributed by atoms with E-state index in [-0.39, 0.29) is 16.8 Å². The van der Waals surface area contributed by atoms with Crippen molar-refractivity contribution in [3.05, 3.63) is 51.7 Å². The largest absolute Gasteiger partial charge is 0.284 e. The van der Waals surface area contributed by atoms with Gasteiger partial charge in [0.05, 0.1) is 11.4 Å². The van der Waals surface area contributed by atoms with Crippen LogP contribution in [-0.2, 0) is 12.5 Å². The number of benzene rings is 1. The molecule has 0 N–H and O–H groups in total. The van der Waals surface area contributed by atoms with Crippen molar-refractivity contribution in [3.8, 4) is 5.69 Å². The minimum Gasteiger partial charge on any atom is -0.284 e. The lowest BCUT2D eigenvalue weighted by Crippen LogP contribution is -2.24. The summed E-state index contributed by atoms with van der Waals surface area (Å²) in [4.78, 5) is 12.9. The van der Waals surface area contributed by atoms with Crippen LogP contribution in [0.3, 0.4) is 0 Å². The van der Waals surface area contributed by atoms with Gasteiger partial charge in [0.25, 0.3) is 5.56 Å². The van der Waals surface area contributed by atoms with Gasteiger partial charge in [0.1, 0.15) is 5.82 Å². The van der Waals surface area contributed by atoms with Crippen molar-refractivity contribution in [2.75, 3.05) is 0 Å². The quantitative estimate of drug-likeness (QED) is 0.791. The van der Waals surface area contributed by atoms with E-state index in [4.69, 9.17) is 0 Å². The van der Waals surface area contributed by atoms with Gasteiger partial charge in [0.15, 0.2) is 0 Å². The molecule has 0 radical (unpaired) electrons. The smallest absolute Gasteiger partial charge is 0.275 e. The summed E-state index contributed by atoms with van der Waals surface area (Å²) in [5.74, 6) is 0.148. The first-order valence-corrected chi connectivity index (χ1v) is 7.58. The van der Waals surface area contributed by atoms with Gasteiger partial charge in [-0.2, -0.15) is 0 Å². The van der Waals surface area contributed by atoms with Crippen LogP contribution in [0.15, 0.2) is 29.1 Å². The van der Waals surface area contributed by atoms with Crippen molar-refractivity contribution in [3.63, 3.8) is 0 Å². The fourth-order valence-electron chi connectivity index (χ4n) is 5.44. The Morgan fingerprint density at radius 1 is 1.29 bits per heavy atom. The van der Waals surface area contributed by atoms with Crippen molar-refractivity contribution in [2.45, 2.75) is 37.5 Å². The second-order valence-corrected chi connectivity index (χ2v) is 7.15. The summed E-state index contributed by atoms with van der Waals surface area (Å²) in [6, 6.07) is 6.18. The minimum absolute atomic E-state index is 0.0941. The molecule has 108 valence electrons. The molecule has 1 heterocycles. The molecule has 2 aromatic rings. The molecule has 2 fully saturated rings. The molecule has 3 aliphatic carbocycles. The Morgan fingerprint density at radius 3 is 2.62 bits per heavy atom. The van der Waals surface area contributed by atoms with Crippen molar-refractivity contribution >= 4 is 0 Å². The molecule has 0 aliphatic heterocycles. The highest BCUT2D eigenvalue weighted by Crippen LogP contribution is 2.83. The van der Waals surface area contributed by atoms with E-state index < -0.39 is 0 Å². The molecule has 2 saturated carbocycles. The van der Waals surface area contributed by atoms with Gasteiger partial charge in [0, 0.05) is 18.0 Å². The van der Waals surface area contributed by atoms with Crippen molar-refractivity contribution in [2.24, 2.45) is 12.5 Å². The highest BCUT2D eigenvalue weighted by atomic mass is 19.1. The number of halogens is 1. The van der Waals surface area contributed by atoms with Crippen LogP contribution in [0, 0.1) is 11.2 Å². The maximum Gasteiger partial charge on any atom is 0.275 e. The molecule has 0 spiro atoms. The molecular formula is C17H17FN2O. The molecule has 2 bridgehead atoms. The summed E-state index contributed by atoms with van der Waals surface area (Å²) >= 11 is 0. The molecule has 0 saturated heterocycles. The molecule has 1 aromatic carbocycles. The van der Waals surface area contributed by atoms with Crippen LogP contribution in [0.25, 0.3) is 5.69 Å². The second-order valence-electron chi connectivity index (χ2n) is 7.15. The van der Waals surface area contributed by atoms with Crippen LogP contribution < -0.4 is 5.56 Å². The topological polar surface area (TPSA) is 26.9 Å². The fraction of sp³-hybridized carbons (Fsp3) is 0.471. The standard InChI is InChI=1S/C17H17FN2O/c1-16-9-17(16)8-7-12(16)13-14(17)19(2)20(15(13)21)11-5-3-10(18)4-6-11/h3-6,12H,7-9H2,1-2H3/t12-,16?,17-/m1/s1. The second kappa shape index (κ2) is 3.16. The summed E-state index contributed by atoms with van der Waals surface area (Å²) in [6.07, 6.45) is 3.58. The lowest BCUT2D eigenvalue weighted by atomic mass is 9.86. The Labute approximate surface area is 122 Å². The fourth-order valence-corrected chi connectivity index (χ4v) is 5.44. The number of aromatic nitrogens is 2. The first-order chi connectivity index (χ1) is 9.99. The van der Waals surface area contributed by atoms with Gasteiger partial charge in [-0.3, -0.25) is 9.48 Å². The van der Waals surface area contributed by atoms with Gasteiger partial charge in [-0.05, 0) is 54.9 Å². The number of hydrogen-bond donors (Lipinski definition) is 0. The van der Waals surface area contributed by atoms with E-state index in [1.807, 2.05) is 11.7 Å². The van der Waals surface area contributed by atoms with E-state index in [2.05, 4.69) is 6.92 Å². The van der Waals surface area contributed by atoms with Crippen molar-refractivity contribution in [1.29, 1.82) is 0 Å². The minimum atomic E-state index is -0.276. The Morgan fingerprint density at radius 2 is 2.00 bits per heavy atom. The molecule has 3 nitrogen and oxygen atoms in total.